The van der Waals surface area contributed by atoms with Gasteiger partial charge in [0.1, 0.15) is 11.9 Å². The molecular weight excluding hydrogens is 368 g/mol. The van der Waals surface area contributed by atoms with E-state index >= 15 is 0 Å². The zero-order valence-electron chi connectivity index (χ0n) is 16.1. The van der Waals surface area contributed by atoms with E-state index < -0.39 is 0 Å². The molecular formula is C22H26N4OS. The molecule has 146 valence electrons. The fraction of sp³-hybridized carbons (Fsp3) is 0.364. The number of anilines is 1. The molecule has 0 amide bonds. The highest BCUT2D eigenvalue weighted by atomic mass is 32.1. The Labute approximate surface area is 172 Å². The quantitative estimate of drug-likeness (QED) is 0.729. The maximum absolute atomic E-state index is 8.72. The van der Waals surface area contributed by atoms with E-state index in [1.54, 1.807) is 0 Å². The van der Waals surface area contributed by atoms with Crippen LogP contribution in [0.3, 0.4) is 0 Å². The van der Waals surface area contributed by atoms with Crippen molar-refractivity contribution in [2.75, 3.05) is 25.5 Å². The van der Waals surface area contributed by atoms with Crippen LogP contribution in [0, 0.1) is 11.3 Å². The largest absolute Gasteiger partial charge is 0.490 e. The van der Waals surface area contributed by atoms with Crippen LogP contribution < -0.4 is 15.4 Å². The summed E-state index contributed by atoms with van der Waals surface area (Å²) in [6.45, 7) is 2.84. The first-order valence-electron chi connectivity index (χ1n) is 9.57. The third-order valence-electron chi connectivity index (χ3n) is 4.84. The number of rotatable bonds is 6. The average molecular weight is 395 g/mol. The topological polar surface area (TPSA) is 60.3 Å². The molecule has 0 aromatic heterocycles. The monoisotopic (exact) mass is 394 g/mol. The average Bonchev–Trinajstić information content (AvgIpc) is 2.71. The third kappa shape index (κ3) is 6.22. The Balaban J connectivity index is 1.42. The second kappa shape index (κ2) is 10.1. The minimum Gasteiger partial charge on any atom is -0.490 e. The van der Waals surface area contributed by atoms with E-state index in [1.807, 2.05) is 36.4 Å². The Hall–Kier alpha value is -2.62. The molecule has 0 radical (unpaired) electrons. The molecule has 3 rings (SSSR count). The number of nitriles is 1. The number of hydrogen-bond donors (Lipinski definition) is 2. The fourth-order valence-corrected chi connectivity index (χ4v) is 3.33. The molecule has 0 spiro atoms. The highest BCUT2D eigenvalue weighted by molar-refractivity contribution is 7.80. The first-order chi connectivity index (χ1) is 13.6. The van der Waals surface area contributed by atoms with Crippen molar-refractivity contribution in [3.8, 4) is 11.8 Å². The molecule has 0 atom stereocenters. The number of ether oxygens (including phenoxy) is 1. The lowest BCUT2D eigenvalue weighted by Crippen LogP contribution is -2.35. The molecule has 6 heteroatoms. The lowest BCUT2D eigenvalue weighted by molar-refractivity contribution is 0.114. The van der Waals surface area contributed by atoms with Crippen molar-refractivity contribution in [3.63, 3.8) is 0 Å². The molecule has 1 heterocycles. The summed E-state index contributed by atoms with van der Waals surface area (Å²) in [5.74, 6) is 0.927. The van der Waals surface area contributed by atoms with Gasteiger partial charge in [-0.3, -0.25) is 0 Å². The minimum atomic E-state index is 0.316. The van der Waals surface area contributed by atoms with Crippen LogP contribution in [0.2, 0.25) is 0 Å². The van der Waals surface area contributed by atoms with Crippen molar-refractivity contribution in [2.24, 2.45) is 0 Å². The van der Waals surface area contributed by atoms with Gasteiger partial charge >= 0.3 is 0 Å². The Morgan fingerprint density at radius 1 is 1.11 bits per heavy atom. The number of nitrogens with zero attached hydrogens (tertiary/aromatic N) is 2. The van der Waals surface area contributed by atoms with Gasteiger partial charge in [0.05, 0.1) is 12.5 Å². The summed E-state index contributed by atoms with van der Waals surface area (Å²) in [6, 6.07) is 18.0. The van der Waals surface area contributed by atoms with Crippen molar-refractivity contribution in [2.45, 2.75) is 31.9 Å². The summed E-state index contributed by atoms with van der Waals surface area (Å²) in [5, 5.41) is 15.7. The number of hydrogen-bond acceptors (Lipinski definition) is 4. The fourth-order valence-electron chi connectivity index (χ4n) is 3.14. The van der Waals surface area contributed by atoms with Crippen molar-refractivity contribution in [1.82, 2.24) is 10.2 Å². The molecule has 2 aromatic carbocycles. The third-order valence-corrected chi connectivity index (χ3v) is 5.09. The summed E-state index contributed by atoms with van der Waals surface area (Å²) < 4.78 is 6.08. The minimum absolute atomic E-state index is 0.316. The van der Waals surface area contributed by atoms with Crippen LogP contribution in [-0.4, -0.2) is 36.3 Å². The van der Waals surface area contributed by atoms with E-state index in [4.69, 9.17) is 22.2 Å². The number of thiocarbonyl (C=S) groups is 1. The molecule has 0 aliphatic carbocycles. The maximum Gasteiger partial charge on any atom is 0.171 e. The van der Waals surface area contributed by atoms with Crippen molar-refractivity contribution >= 4 is 23.0 Å². The highest BCUT2D eigenvalue weighted by Gasteiger charge is 2.17. The standard InChI is InChI=1S/C22H26N4OS/c1-26-14-11-21(12-15-26)27-20-8-4-18(5-9-20)16-24-22(28)25-19-6-2-17(3-7-19)10-13-23/h2-9,21H,10-12,14-16H2,1H3,(H2,24,25,28). The van der Waals surface area contributed by atoms with E-state index in [9.17, 15) is 0 Å². The molecule has 2 N–H and O–H groups in total. The molecule has 5 nitrogen and oxygen atoms in total. The normalized spacial score (nSPS) is 14.9. The van der Waals surface area contributed by atoms with Crippen LogP contribution in [0.1, 0.15) is 24.0 Å². The maximum atomic E-state index is 8.72. The molecule has 0 unspecified atom stereocenters. The van der Waals surface area contributed by atoms with Gasteiger partial charge in [-0.05, 0) is 67.5 Å². The van der Waals surface area contributed by atoms with Crippen molar-refractivity contribution < 1.29 is 4.74 Å². The number of piperidine rings is 1. The number of benzene rings is 2. The Morgan fingerprint density at radius 3 is 2.39 bits per heavy atom. The molecule has 2 aromatic rings. The lowest BCUT2D eigenvalue weighted by Gasteiger charge is -2.29. The van der Waals surface area contributed by atoms with E-state index in [0.29, 0.717) is 24.2 Å². The molecule has 28 heavy (non-hydrogen) atoms. The van der Waals surface area contributed by atoms with Gasteiger partial charge < -0.3 is 20.3 Å². The van der Waals surface area contributed by atoms with Gasteiger partial charge in [-0.1, -0.05) is 24.3 Å². The van der Waals surface area contributed by atoms with Gasteiger partial charge in [0.15, 0.2) is 5.11 Å². The number of likely N-dealkylation sites (tertiary alicyclic amines) is 1. The van der Waals surface area contributed by atoms with Crippen molar-refractivity contribution in [1.29, 1.82) is 5.26 Å². The van der Waals surface area contributed by atoms with Crippen LogP contribution in [0.25, 0.3) is 0 Å². The van der Waals surface area contributed by atoms with Crippen LogP contribution in [-0.2, 0) is 13.0 Å². The zero-order chi connectivity index (χ0) is 19.8. The predicted octanol–water partition coefficient (Wildman–Crippen LogP) is 3.71. The Bertz CT molecular complexity index is 806. The summed E-state index contributed by atoms with van der Waals surface area (Å²) in [4.78, 5) is 2.34. The van der Waals surface area contributed by atoms with E-state index in [-0.39, 0.29) is 0 Å². The molecule has 1 fully saturated rings. The molecule has 0 saturated carbocycles. The van der Waals surface area contributed by atoms with Gasteiger partial charge in [0, 0.05) is 25.3 Å². The van der Waals surface area contributed by atoms with Crippen LogP contribution in [0.5, 0.6) is 5.75 Å². The predicted molar refractivity (Wildman–Crippen MR) is 116 cm³/mol. The van der Waals surface area contributed by atoms with E-state index in [0.717, 1.165) is 48.5 Å². The van der Waals surface area contributed by atoms with E-state index in [2.05, 4.69) is 40.8 Å². The van der Waals surface area contributed by atoms with Crippen LogP contribution >= 0.6 is 12.2 Å². The summed E-state index contributed by atoms with van der Waals surface area (Å²) in [7, 11) is 2.15. The molecule has 0 bridgehead atoms. The molecule has 1 aliphatic rings. The van der Waals surface area contributed by atoms with Crippen LogP contribution in [0.15, 0.2) is 48.5 Å². The van der Waals surface area contributed by atoms with Crippen LogP contribution in [0.4, 0.5) is 5.69 Å². The first-order valence-corrected chi connectivity index (χ1v) is 9.98. The van der Waals surface area contributed by atoms with Crippen molar-refractivity contribution in [3.05, 3.63) is 59.7 Å². The van der Waals surface area contributed by atoms with E-state index in [1.165, 1.54) is 0 Å². The highest BCUT2D eigenvalue weighted by Crippen LogP contribution is 2.19. The summed E-state index contributed by atoms with van der Waals surface area (Å²) in [5.41, 5.74) is 3.04. The second-order valence-electron chi connectivity index (χ2n) is 7.10. The smallest absolute Gasteiger partial charge is 0.171 e. The summed E-state index contributed by atoms with van der Waals surface area (Å²) in [6.07, 6.45) is 2.89. The van der Waals surface area contributed by atoms with Gasteiger partial charge in [0.25, 0.3) is 0 Å². The zero-order valence-corrected chi connectivity index (χ0v) is 17.0. The van der Waals surface area contributed by atoms with Gasteiger partial charge in [-0.25, -0.2) is 0 Å². The molecule has 1 saturated heterocycles. The first kappa shape index (κ1) is 20.1. The van der Waals surface area contributed by atoms with Gasteiger partial charge in [-0.2, -0.15) is 5.26 Å². The Morgan fingerprint density at radius 2 is 1.75 bits per heavy atom. The second-order valence-corrected chi connectivity index (χ2v) is 7.51. The number of nitrogens with one attached hydrogen (secondary N) is 2. The lowest BCUT2D eigenvalue weighted by atomic mass is 10.1. The Kier molecular flexibility index (Phi) is 7.24. The SMILES string of the molecule is CN1CCC(Oc2ccc(CNC(=S)Nc3ccc(CC#N)cc3)cc2)CC1. The van der Waals surface area contributed by atoms with Gasteiger partial charge in [-0.15, -0.1) is 0 Å². The summed E-state index contributed by atoms with van der Waals surface area (Å²) >= 11 is 5.36. The molecule has 1 aliphatic heterocycles. The van der Waals surface area contributed by atoms with Gasteiger partial charge in [0.2, 0.25) is 0 Å².